The van der Waals surface area contributed by atoms with Crippen molar-refractivity contribution in [3.8, 4) is 11.5 Å². The third kappa shape index (κ3) is 3.88. The number of nitrogens with zero attached hydrogens (tertiary/aromatic N) is 2. The molecule has 1 aromatic carbocycles. The second-order valence-corrected chi connectivity index (χ2v) is 7.75. The van der Waals surface area contributed by atoms with Gasteiger partial charge in [0.15, 0.2) is 0 Å². The molecule has 1 aromatic rings. The first kappa shape index (κ1) is 18.8. The molecule has 1 amide bonds. The van der Waals surface area contributed by atoms with Gasteiger partial charge >= 0.3 is 0 Å². The summed E-state index contributed by atoms with van der Waals surface area (Å²) in [6, 6.07) is 1.79. The molecule has 0 bridgehead atoms. The number of aromatic hydroxyl groups is 2. The second kappa shape index (κ2) is 7.70. The lowest BCUT2D eigenvalue weighted by Gasteiger charge is -2.35. The maximum Gasteiger partial charge on any atom is 0.219 e. The van der Waals surface area contributed by atoms with E-state index in [0.29, 0.717) is 12.1 Å². The molecule has 1 aliphatic heterocycles. The standard InChI is InChI=1S/C21H30N2O3/c1-14-5-4-6-17(11-14)20-19(25)12-15(2)18(21(20)26)13-22-7-9-23(10-8-22)16(3)24/h11-12,17,25-26H,4-10,13H2,1-3H3/t17-/m0/s1. The van der Waals surface area contributed by atoms with Crippen LogP contribution in [-0.2, 0) is 11.3 Å². The zero-order valence-electron chi connectivity index (χ0n) is 16.1. The first-order chi connectivity index (χ1) is 12.4. The number of carbonyl (C=O) groups is 1. The number of hydrogen-bond donors (Lipinski definition) is 2. The highest BCUT2D eigenvalue weighted by molar-refractivity contribution is 5.73. The lowest BCUT2D eigenvalue weighted by Crippen LogP contribution is -2.47. The third-order valence-corrected chi connectivity index (χ3v) is 5.79. The molecule has 26 heavy (non-hydrogen) atoms. The van der Waals surface area contributed by atoms with Gasteiger partial charge in [0.25, 0.3) is 0 Å². The Balaban J connectivity index is 1.83. The average molecular weight is 358 g/mol. The van der Waals surface area contributed by atoms with Crippen molar-refractivity contribution < 1.29 is 15.0 Å². The highest BCUT2D eigenvalue weighted by Gasteiger charge is 2.26. The van der Waals surface area contributed by atoms with Crippen LogP contribution >= 0.6 is 0 Å². The molecule has 3 rings (SSSR count). The van der Waals surface area contributed by atoms with Gasteiger partial charge < -0.3 is 15.1 Å². The Morgan fingerprint density at radius 1 is 1.19 bits per heavy atom. The minimum absolute atomic E-state index is 0.0812. The molecule has 1 aliphatic carbocycles. The van der Waals surface area contributed by atoms with Crippen molar-refractivity contribution in [2.45, 2.75) is 52.5 Å². The Hall–Kier alpha value is -2.01. The summed E-state index contributed by atoms with van der Waals surface area (Å²) < 4.78 is 0. The highest BCUT2D eigenvalue weighted by atomic mass is 16.3. The van der Waals surface area contributed by atoms with Crippen molar-refractivity contribution in [3.05, 3.63) is 34.4 Å². The largest absolute Gasteiger partial charge is 0.507 e. The van der Waals surface area contributed by atoms with E-state index < -0.39 is 0 Å². The Bertz CT molecular complexity index is 718. The monoisotopic (exact) mass is 358 g/mol. The van der Waals surface area contributed by atoms with E-state index in [1.165, 1.54) is 5.57 Å². The van der Waals surface area contributed by atoms with Gasteiger partial charge in [-0.2, -0.15) is 0 Å². The van der Waals surface area contributed by atoms with Crippen LogP contribution in [0.3, 0.4) is 0 Å². The number of piperazine rings is 1. The minimum atomic E-state index is 0.0812. The van der Waals surface area contributed by atoms with Crippen LogP contribution in [0.15, 0.2) is 17.7 Å². The molecule has 1 fully saturated rings. The molecule has 0 radical (unpaired) electrons. The summed E-state index contributed by atoms with van der Waals surface area (Å²) >= 11 is 0. The summed E-state index contributed by atoms with van der Waals surface area (Å²) in [6.07, 6.45) is 5.32. The van der Waals surface area contributed by atoms with E-state index in [1.54, 1.807) is 13.0 Å². The molecule has 0 spiro atoms. The lowest BCUT2D eigenvalue weighted by atomic mass is 9.83. The Labute approximate surface area is 155 Å². The van der Waals surface area contributed by atoms with Gasteiger partial charge in [0, 0.05) is 56.7 Å². The van der Waals surface area contributed by atoms with Crippen LogP contribution in [0, 0.1) is 6.92 Å². The van der Waals surface area contributed by atoms with E-state index >= 15 is 0 Å². The highest BCUT2D eigenvalue weighted by Crippen LogP contribution is 2.43. The van der Waals surface area contributed by atoms with Crippen molar-refractivity contribution in [2.24, 2.45) is 0 Å². The second-order valence-electron chi connectivity index (χ2n) is 7.75. The summed E-state index contributed by atoms with van der Waals surface area (Å²) in [4.78, 5) is 15.6. The predicted octanol–water partition coefficient (Wildman–Crippen LogP) is 3.28. The van der Waals surface area contributed by atoms with Crippen molar-refractivity contribution in [3.63, 3.8) is 0 Å². The van der Waals surface area contributed by atoms with Gasteiger partial charge in [-0.1, -0.05) is 11.6 Å². The number of phenols is 2. The van der Waals surface area contributed by atoms with Crippen molar-refractivity contribution in [2.75, 3.05) is 26.2 Å². The maximum absolute atomic E-state index is 11.5. The quantitative estimate of drug-likeness (QED) is 0.814. The molecule has 1 atom stereocenters. The topological polar surface area (TPSA) is 64.0 Å². The van der Waals surface area contributed by atoms with E-state index in [-0.39, 0.29) is 23.3 Å². The van der Waals surface area contributed by atoms with Gasteiger partial charge in [-0.3, -0.25) is 9.69 Å². The normalized spacial score (nSPS) is 21.6. The van der Waals surface area contributed by atoms with E-state index in [0.717, 1.165) is 56.6 Å². The van der Waals surface area contributed by atoms with E-state index in [2.05, 4.69) is 17.9 Å². The number of hydrogen-bond acceptors (Lipinski definition) is 4. The molecule has 2 N–H and O–H groups in total. The summed E-state index contributed by atoms with van der Waals surface area (Å²) in [6.45, 7) is 9.36. The average Bonchev–Trinajstić information content (AvgIpc) is 2.59. The summed E-state index contributed by atoms with van der Waals surface area (Å²) in [5, 5.41) is 21.5. The molecule has 5 heteroatoms. The molecule has 0 saturated carbocycles. The van der Waals surface area contributed by atoms with Crippen LogP contribution in [-0.4, -0.2) is 52.1 Å². The number of phenolic OH excluding ortho intramolecular Hbond substituents is 2. The summed E-state index contributed by atoms with van der Waals surface area (Å²) in [5.74, 6) is 0.640. The lowest BCUT2D eigenvalue weighted by molar-refractivity contribution is -0.130. The van der Waals surface area contributed by atoms with Gasteiger partial charge in [-0.15, -0.1) is 0 Å². The number of amides is 1. The van der Waals surface area contributed by atoms with E-state index in [1.807, 2.05) is 11.8 Å². The Morgan fingerprint density at radius 2 is 1.88 bits per heavy atom. The van der Waals surface area contributed by atoms with Crippen LogP contribution < -0.4 is 0 Å². The molecule has 142 valence electrons. The van der Waals surface area contributed by atoms with Gasteiger partial charge in [0.05, 0.1) is 0 Å². The fourth-order valence-electron chi connectivity index (χ4n) is 4.19. The Kier molecular flexibility index (Phi) is 5.56. The summed E-state index contributed by atoms with van der Waals surface area (Å²) in [7, 11) is 0. The van der Waals surface area contributed by atoms with Crippen LogP contribution in [0.25, 0.3) is 0 Å². The molecule has 2 aliphatic rings. The van der Waals surface area contributed by atoms with Gasteiger partial charge in [0.2, 0.25) is 5.91 Å². The molecule has 0 unspecified atom stereocenters. The predicted molar refractivity (Wildman–Crippen MR) is 102 cm³/mol. The maximum atomic E-state index is 11.5. The van der Waals surface area contributed by atoms with Crippen LogP contribution in [0.2, 0.25) is 0 Å². The SMILES string of the molecule is CC(=O)N1CCN(Cc2c(C)cc(O)c([C@@H]3C=C(C)CCC3)c2O)CC1. The fourth-order valence-corrected chi connectivity index (χ4v) is 4.19. The first-order valence-corrected chi connectivity index (χ1v) is 9.56. The molecular weight excluding hydrogens is 328 g/mol. The summed E-state index contributed by atoms with van der Waals surface area (Å²) in [5.41, 5.74) is 3.80. The van der Waals surface area contributed by atoms with Gasteiger partial charge in [-0.25, -0.2) is 0 Å². The number of benzene rings is 1. The number of rotatable bonds is 3. The van der Waals surface area contributed by atoms with E-state index in [4.69, 9.17) is 0 Å². The molecular formula is C21H30N2O3. The molecule has 1 heterocycles. The van der Waals surface area contributed by atoms with Gasteiger partial charge in [-0.05, 0) is 44.7 Å². The van der Waals surface area contributed by atoms with Gasteiger partial charge in [0.1, 0.15) is 11.5 Å². The van der Waals surface area contributed by atoms with Crippen molar-refractivity contribution >= 4 is 5.91 Å². The van der Waals surface area contributed by atoms with Crippen LogP contribution in [0.1, 0.15) is 55.7 Å². The number of aryl methyl sites for hydroxylation is 1. The van der Waals surface area contributed by atoms with Crippen LogP contribution in [0.4, 0.5) is 0 Å². The Morgan fingerprint density at radius 3 is 2.50 bits per heavy atom. The zero-order chi connectivity index (χ0) is 18.8. The first-order valence-electron chi connectivity index (χ1n) is 9.56. The molecule has 1 saturated heterocycles. The third-order valence-electron chi connectivity index (χ3n) is 5.79. The van der Waals surface area contributed by atoms with Crippen LogP contribution in [0.5, 0.6) is 11.5 Å². The molecule has 5 nitrogen and oxygen atoms in total. The zero-order valence-corrected chi connectivity index (χ0v) is 16.1. The minimum Gasteiger partial charge on any atom is -0.507 e. The fraction of sp³-hybridized carbons (Fsp3) is 0.571. The number of carbonyl (C=O) groups excluding carboxylic acids is 1. The van der Waals surface area contributed by atoms with Crippen molar-refractivity contribution in [1.29, 1.82) is 0 Å². The van der Waals surface area contributed by atoms with Crippen molar-refractivity contribution in [1.82, 2.24) is 9.80 Å². The molecule has 0 aromatic heterocycles. The smallest absolute Gasteiger partial charge is 0.219 e. The van der Waals surface area contributed by atoms with E-state index in [9.17, 15) is 15.0 Å². The number of allylic oxidation sites excluding steroid dienone is 2.